The monoisotopic (exact) mass is 202 g/mol. The summed E-state index contributed by atoms with van der Waals surface area (Å²) in [4.78, 5) is 20.0. The number of hydrogen-bond acceptors (Lipinski definition) is 3. The number of allylic oxidation sites excluding steroid dienone is 2. The van der Waals surface area contributed by atoms with Crippen molar-refractivity contribution in [1.29, 1.82) is 0 Å². The smallest absolute Gasteiger partial charge is 0.166 e. The zero-order chi connectivity index (χ0) is 10.9. The summed E-state index contributed by atoms with van der Waals surface area (Å²) in [5, 5.41) is 0. The van der Waals surface area contributed by atoms with Crippen molar-refractivity contribution in [3.63, 3.8) is 0 Å². The topological polar surface area (TPSA) is 42.9 Å². The van der Waals surface area contributed by atoms with Crippen LogP contribution in [0.1, 0.15) is 32.5 Å². The Bertz CT molecular complexity index is 407. The van der Waals surface area contributed by atoms with E-state index in [0.717, 1.165) is 6.42 Å². The van der Waals surface area contributed by atoms with E-state index in [-0.39, 0.29) is 11.2 Å². The van der Waals surface area contributed by atoms with Crippen molar-refractivity contribution >= 4 is 11.4 Å². The maximum absolute atomic E-state index is 11.7. The van der Waals surface area contributed by atoms with E-state index >= 15 is 0 Å². The van der Waals surface area contributed by atoms with Gasteiger partial charge in [0.05, 0.1) is 5.57 Å². The van der Waals surface area contributed by atoms with Crippen LogP contribution in [0, 0.1) is 5.41 Å². The standard InChI is InChI=1S/C12H14N2O/c1-12(2)5-4-10(15)9(8-12)11-13-6-3-7-14-11/h3,6-8H,4-5H2,1-2H3. The van der Waals surface area contributed by atoms with Crippen LogP contribution in [0.3, 0.4) is 0 Å². The van der Waals surface area contributed by atoms with Crippen molar-refractivity contribution in [2.45, 2.75) is 26.7 Å². The van der Waals surface area contributed by atoms with E-state index in [9.17, 15) is 4.79 Å². The van der Waals surface area contributed by atoms with E-state index in [1.807, 2.05) is 6.08 Å². The Kier molecular flexibility index (Phi) is 2.39. The van der Waals surface area contributed by atoms with E-state index in [4.69, 9.17) is 0 Å². The van der Waals surface area contributed by atoms with E-state index < -0.39 is 0 Å². The van der Waals surface area contributed by atoms with Gasteiger partial charge in [-0.2, -0.15) is 0 Å². The molecule has 2 rings (SSSR count). The van der Waals surface area contributed by atoms with Crippen LogP contribution in [0.4, 0.5) is 0 Å². The molecule has 1 aliphatic rings. The fourth-order valence-corrected chi connectivity index (χ4v) is 1.74. The van der Waals surface area contributed by atoms with Crippen LogP contribution < -0.4 is 0 Å². The Labute approximate surface area is 89.3 Å². The third-order valence-electron chi connectivity index (χ3n) is 2.64. The Balaban J connectivity index is 2.43. The summed E-state index contributed by atoms with van der Waals surface area (Å²) < 4.78 is 0. The molecule has 0 saturated carbocycles. The molecule has 3 heteroatoms. The minimum atomic E-state index is 0.0719. The first-order valence-corrected chi connectivity index (χ1v) is 5.12. The van der Waals surface area contributed by atoms with Gasteiger partial charge in [-0.1, -0.05) is 19.9 Å². The number of ketones is 1. The summed E-state index contributed by atoms with van der Waals surface area (Å²) in [5.41, 5.74) is 0.745. The molecule has 15 heavy (non-hydrogen) atoms. The predicted octanol–water partition coefficient (Wildman–Crippen LogP) is 2.25. The Hall–Kier alpha value is -1.51. The molecule has 0 aliphatic heterocycles. The van der Waals surface area contributed by atoms with Gasteiger partial charge in [0.1, 0.15) is 0 Å². The average Bonchev–Trinajstić information content (AvgIpc) is 2.23. The lowest BCUT2D eigenvalue weighted by atomic mass is 9.79. The van der Waals surface area contributed by atoms with E-state index in [1.165, 1.54) is 0 Å². The van der Waals surface area contributed by atoms with Crippen molar-refractivity contribution in [2.75, 3.05) is 0 Å². The van der Waals surface area contributed by atoms with Crippen molar-refractivity contribution in [3.8, 4) is 0 Å². The number of Topliss-reactive ketones (excluding diaryl/α,β-unsaturated/α-hetero) is 1. The van der Waals surface area contributed by atoms with Gasteiger partial charge in [0, 0.05) is 18.8 Å². The first-order chi connectivity index (χ1) is 7.08. The third kappa shape index (κ3) is 2.12. The second-order valence-electron chi connectivity index (χ2n) is 4.54. The molecule has 1 aliphatic carbocycles. The Morgan fingerprint density at radius 1 is 1.27 bits per heavy atom. The molecule has 0 N–H and O–H groups in total. The largest absolute Gasteiger partial charge is 0.294 e. The van der Waals surface area contributed by atoms with Gasteiger partial charge in [-0.3, -0.25) is 4.79 Å². The van der Waals surface area contributed by atoms with Crippen LogP contribution in [0.25, 0.3) is 5.57 Å². The fourth-order valence-electron chi connectivity index (χ4n) is 1.74. The van der Waals surface area contributed by atoms with Gasteiger partial charge in [-0.05, 0) is 17.9 Å². The SMILES string of the molecule is CC1(C)C=C(c2ncccn2)C(=O)CC1. The normalized spacial score (nSPS) is 19.9. The Morgan fingerprint density at radius 3 is 2.60 bits per heavy atom. The van der Waals surface area contributed by atoms with Crippen molar-refractivity contribution in [1.82, 2.24) is 9.97 Å². The summed E-state index contributed by atoms with van der Waals surface area (Å²) in [5.74, 6) is 0.704. The zero-order valence-corrected chi connectivity index (χ0v) is 9.03. The Morgan fingerprint density at radius 2 is 1.93 bits per heavy atom. The molecule has 0 aromatic carbocycles. The highest BCUT2D eigenvalue weighted by Crippen LogP contribution is 2.34. The molecule has 0 atom stereocenters. The molecule has 0 amide bonds. The maximum Gasteiger partial charge on any atom is 0.166 e. The molecule has 1 heterocycles. The van der Waals surface area contributed by atoms with Crippen molar-refractivity contribution in [3.05, 3.63) is 30.4 Å². The fraction of sp³-hybridized carbons (Fsp3) is 0.417. The first-order valence-electron chi connectivity index (χ1n) is 5.12. The van der Waals surface area contributed by atoms with Gasteiger partial charge in [0.25, 0.3) is 0 Å². The highest BCUT2D eigenvalue weighted by molar-refractivity contribution is 6.20. The van der Waals surface area contributed by atoms with Gasteiger partial charge < -0.3 is 0 Å². The molecule has 0 unspecified atom stereocenters. The maximum atomic E-state index is 11.7. The highest BCUT2D eigenvalue weighted by Gasteiger charge is 2.27. The van der Waals surface area contributed by atoms with Crippen LogP contribution >= 0.6 is 0 Å². The molecule has 0 spiro atoms. The number of aromatic nitrogens is 2. The summed E-state index contributed by atoms with van der Waals surface area (Å²) >= 11 is 0. The molecule has 1 aromatic heterocycles. The molecule has 0 saturated heterocycles. The molecule has 1 aromatic rings. The molecular weight excluding hydrogens is 188 g/mol. The summed E-state index contributed by atoms with van der Waals surface area (Å²) in [7, 11) is 0. The quantitative estimate of drug-likeness (QED) is 0.701. The van der Waals surface area contributed by atoms with Crippen LogP contribution in [-0.2, 0) is 4.79 Å². The second-order valence-corrected chi connectivity index (χ2v) is 4.54. The molecule has 0 fully saturated rings. The van der Waals surface area contributed by atoms with E-state index in [2.05, 4.69) is 23.8 Å². The average molecular weight is 202 g/mol. The van der Waals surface area contributed by atoms with Gasteiger partial charge >= 0.3 is 0 Å². The summed E-state index contributed by atoms with van der Waals surface area (Å²) in [6.45, 7) is 4.25. The first kappa shape index (κ1) is 10.0. The van der Waals surface area contributed by atoms with Crippen LogP contribution in [0.2, 0.25) is 0 Å². The lowest BCUT2D eigenvalue weighted by Crippen LogP contribution is -2.20. The van der Waals surface area contributed by atoms with Crippen LogP contribution in [0.15, 0.2) is 24.5 Å². The second kappa shape index (κ2) is 3.57. The molecule has 0 radical (unpaired) electrons. The van der Waals surface area contributed by atoms with Crippen LogP contribution in [-0.4, -0.2) is 15.8 Å². The van der Waals surface area contributed by atoms with Crippen molar-refractivity contribution in [2.24, 2.45) is 5.41 Å². The third-order valence-corrected chi connectivity index (χ3v) is 2.64. The van der Waals surface area contributed by atoms with Gasteiger partial charge in [0.2, 0.25) is 0 Å². The minimum absolute atomic E-state index is 0.0719. The molecule has 3 nitrogen and oxygen atoms in total. The van der Waals surface area contributed by atoms with E-state index in [1.54, 1.807) is 18.5 Å². The van der Waals surface area contributed by atoms with Crippen LogP contribution in [0.5, 0.6) is 0 Å². The van der Waals surface area contributed by atoms with Crippen molar-refractivity contribution < 1.29 is 4.79 Å². The molecule has 0 bridgehead atoms. The van der Waals surface area contributed by atoms with E-state index in [0.29, 0.717) is 17.8 Å². The lowest BCUT2D eigenvalue weighted by Gasteiger charge is -2.25. The lowest BCUT2D eigenvalue weighted by molar-refractivity contribution is -0.114. The number of hydrogen-bond donors (Lipinski definition) is 0. The summed E-state index contributed by atoms with van der Waals surface area (Å²) in [6.07, 6.45) is 6.82. The number of nitrogens with zero attached hydrogens (tertiary/aromatic N) is 2. The minimum Gasteiger partial charge on any atom is -0.294 e. The molecule has 78 valence electrons. The van der Waals surface area contributed by atoms with Gasteiger partial charge in [-0.15, -0.1) is 0 Å². The summed E-state index contributed by atoms with van der Waals surface area (Å²) in [6, 6.07) is 1.75. The number of carbonyl (C=O) groups is 1. The predicted molar refractivity (Wildman–Crippen MR) is 58.0 cm³/mol. The zero-order valence-electron chi connectivity index (χ0n) is 9.03. The number of rotatable bonds is 1. The van der Waals surface area contributed by atoms with Gasteiger partial charge in [-0.25, -0.2) is 9.97 Å². The molecular formula is C12H14N2O. The van der Waals surface area contributed by atoms with Gasteiger partial charge in [0.15, 0.2) is 11.6 Å². The highest BCUT2D eigenvalue weighted by atomic mass is 16.1. The number of carbonyl (C=O) groups excluding carboxylic acids is 1.